The normalized spacial score (nSPS) is 12.0. The molecule has 0 aromatic carbocycles. The molecule has 0 spiro atoms. The summed E-state index contributed by atoms with van der Waals surface area (Å²) >= 11 is 0. The predicted octanol–water partition coefficient (Wildman–Crippen LogP) is 2.54. The third-order valence-corrected chi connectivity index (χ3v) is 4.16. The van der Waals surface area contributed by atoms with Crippen molar-refractivity contribution in [2.75, 3.05) is 20.1 Å². The van der Waals surface area contributed by atoms with Gasteiger partial charge >= 0.3 is 0 Å². The molecule has 7 heteroatoms. The topological polar surface area (TPSA) is 63.3 Å². The summed E-state index contributed by atoms with van der Waals surface area (Å²) in [6.07, 6.45) is 7.03. The van der Waals surface area contributed by atoms with Gasteiger partial charge in [0.1, 0.15) is 0 Å². The molecular weight excluding hydrogens is 326 g/mol. The van der Waals surface area contributed by atoms with Gasteiger partial charge in [-0.25, -0.2) is 0 Å². The minimum absolute atomic E-state index is 0.414. The fourth-order valence-electron chi connectivity index (χ4n) is 2.97. The Bertz CT molecular complexity index is 711. The fourth-order valence-corrected chi connectivity index (χ4v) is 2.97. The van der Waals surface area contributed by atoms with Crippen LogP contribution in [0.2, 0.25) is 0 Å². The largest absolute Gasteiger partial charge is 0.357 e. The Morgan fingerprint density at radius 1 is 1.35 bits per heavy atom. The summed E-state index contributed by atoms with van der Waals surface area (Å²) in [7, 11) is 4.06. The Morgan fingerprint density at radius 2 is 2.12 bits per heavy atom. The van der Waals surface area contributed by atoms with Crippen LogP contribution in [-0.4, -0.2) is 50.6 Å². The quantitative estimate of drug-likeness (QED) is 0.447. The Kier molecular flexibility index (Phi) is 7.24. The van der Waals surface area contributed by atoms with Gasteiger partial charge in [-0.3, -0.25) is 14.4 Å². The summed E-state index contributed by atoms with van der Waals surface area (Å²) in [5, 5.41) is 12.3. The van der Waals surface area contributed by atoms with Crippen LogP contribution in [0, 0.1) is 6.92 Å². The average molecular weight is 360 g/mol. The van der Waals surface area contributed by atoms with Crippen LogP contribution in [0.4, 0.5) is 0 Å². The van der Waals surface area contributed by atoms with Gasteiger partial charge in [-0.1, -0.05) is 13.8 Å². The van der Waals surface area contributed by atoms with Crippen molar-refractivity contribution in [1.82, 2.24) is 29.8 Å². The highest BCUT2D eigenvalue weighted by Crippen LogP contribution is 2.18. The molecule has 1 N–H and O–H groups in total. The number of hydrogen-bond acceptors (Lipinski definition) is 3. The van der Waals surface area contributed by atoms with E-state index in [0.29, 0.717) is 5.92 Å². The van der Waals surface area contributed by atoms with E-state index in [0.717, 1.165) is 44.3 Å². The van der Waals surface area contributed by atoms with Crippen LogP contribution in [0.1, 0.15) is 49.9 Å². The van der Waals surface area contributed by atoms with Gasteiger partial charge in [-0.15, -0.1) is 0 Å². The summed E-state index contributed by atoms with van der Waals surface area (Å²) in [6, 6.07) is 0. The van der Waals surface area contributed by atoms with E-state index in [2.05, 4.69) is 67.6 Å². The van der Waals surface area contributed by atoms with Crippen LogP contribution in [-0.2, 0) is 20.1 Å². The van der Waals surface area contributed by atoms with Gasteiger partial charge in [-0.2, -0.15) is 10.2 Å². The van der Waals surface area contributed by atoms with Crippen molar-refractivity contribution < 1.29 is 0 Å². The van der Waals surface area contributed by atoms with E-state index in [1.54, 1.807) is 0 Å². The minimum atomic E-state index is 0.414. The molecule has 0 saturated carbocycles. The third kappa shape index (κ3) is 5.61. The minimum Gasteiger partial charge on any atom is -0.357 e. The Hall–Kier alpha value is -2.31. The van der Waals surface area contributed by atoms with E-state index in [-0.39, 0.29) is 0 Å². The van der Waals surface area contributed by atoms with Crippen molar-refractivity contribution in [3.05, 3.63) is 35.4 Å². The molecule has 0 atom stereocenters. The van der Waals surface area contributed by atoms with Crippen molar-refractivity contribution >= 4 is 5.96 Å². The Balaban J connectivity index is 1.96. The van der Waals surface area contributed by atoms with Crippen molar-refractivity contribution in [2.45, 2.75) is 53.1 Å². The maximum Gasteiger partial charge on any atom is 0.193 e. The molecule has 0 aliphatic rings. The second-order valence-corrected chi connectivity index (χ2v) is 7.09. The molecule has 0 radical (unpaired) electrons. The number of aryl methyl sites for hydroxylation is 3. The van der Waals surface area contributed by atoms with Gasteiger partial charge in [0.15, 0.2) is 5.96 Å². The molecule has 26 heavy (non-hydrogen) atoms. The van der Waals surface area contributed by atoms with Crippen molar-refractivity contribution in [3.63, 3.8) is 0 Å². The van der Waals surface area contributed by atoms with Gasteiger partial charge in [0, 0.05) is 58.2 Å². The first-order chi connectivity index (χ1) is 12.4. The smallest absolute Gasteiger partial charge is 0.193 e. The summed E-state index contributed by atoms with van der Waals surface area (Å²) in [6.45, 7) is 11.8. The van der Waals surface area contributed by atoms with Crippen LogP contribution in [0.25, 0.3) is 0 Å². The molecule has 2 aromatic heterocycles. The first-order valence-corrected chi connectivity index (χ1v) is 9.41. The van der Waals surface area contributed by atoms with Gasteiger partial charge < -0.3 is 10.2 Å². The molecule has 144 valence electrons. The molecule has 0 bridgehead atoms. The summed E-state index contributed by atoms with van der Waals surface area (Å²) in [4.78, 5) is 6.95. The molecular formula is C19H33N7. The van der Waals surface area contributed by atoms with E-state index in [1.807, 2.05) is 22.6 Å². The van der Waals surface area contributed by atoms with Crippen molar-refractivity contribution in [3.8, 4) is 0 Å². The zero-order valence-electron chi connectivity index (χ0n) is 17.0. The molecule has 2 aromatic rings. The van der Waals surface area contributed by atoms with Gasteiger partial charge in [0.2, 0.25) is 0 Å². The first-order valence-electron chi connectivity index (χ1n) is 9.41. The van der Waals surface area contributed by atoms with E-state index in [1.165, 1.54) is 11.1 Å². The summed E-state index contributed by atoms with van der Waals surface area (Å²) in [5.74, 6) is 1.35. The molecule has 7 nitrogen and oxygen atoms in total. The molecule has 2 rings (SSSR count). The number of nitrogens with zero attached hydrogens (tertiary/aromatic N) is 6. The van der Waals surface area contributed by atoms with Crippen LogP contribution in [0.3, 0.4) is 0 Å². The molecule has 2 heterocycles. The predicted molar refractivity (Wildman–Crippen MR) is 106 cm³/mol. The van der Waals surface area contributed by atoms with Crippen LogP contribution in [0.5, 0.6) is 0 Å². The standard InChI is InChI=1S/C19H33N7/c1-7-20-19(21-9-8-10-26-12-16(4)11-22-26)24(5)13-17-14-25(6)23-18(17)15(2)3/h11-12,14-15H,7-10,13H2,1-6H3,(H,20,21). The molecule has 0 fully saturated rings. The Labute approximate surface area is 157 Å². The lowest BCUT2D eigenvalue weighted by molar-refractivity contribution is 0.471. The maximum absolute atomic E-state index is 4.78. The third-order valence-electron chi connectivity index (χ3n) is 4.16. The van der Waals surface area contributed by atoms with E-state index in [4.69, 9.17) is 4.99 Å². The summed E-state index contributed by atoms with van der Waals surface area (Å²) in [5.41, 5.74) is 3.60. The number of nitrogens with one attached hydrogen (secondary N) is 1. The monoisotopic (exact) mass is 359 g/mol. The number of rotatable bonds is 8. The molecule has 0 unspecified atom stereocenters. The fraction of sp³-hybridized carbons (Fsp3) is 0.632. The average Bonchev–Trinajstić information content (AvgIpc) is 3.15. The van der Waals surface area contributed by atoms with Gasteiger partial charge in [-0.05, 0) is 31.7 Å². The molecule has 0 aliphatic heterocycles. The first kappa shape index (κ1) is 20.0. The second-order valence-electron chi connectivity index (χ2n) is 7.09. The zero-order chi connectivity index (χ0) is 19.1. The number of guanidine groups is 1. The lowest BCUT2D eigenvalue weighted by Crippen LogP contribution is -2.38. The van der Waals surface area contributed by atoms with E-state index in [9.17, 15) is 0 Å². The lowest BCUT2D eigenvalue weighted by Gasteiger charge is -2.22. The van der Waals surface area contributed by atoms with Crippen LogP contribution >= 0.6 is 0 Å². The number of hydrogen-bond donors (Lipinski definition) is 1. The molecule has 0 aliphatic carbocycles. The lowest BCUT2D eigenvalue weighted by atomic mass is 10.1. The second kappa shape index (κ2) is 9.40. The van der Waals surface area contributed by atoms with Crippen molar-refractivity contribution in [2.24, 2.45) is 12.0 Å². The number of aliphatic imine (C=N–C) groups is 1. The van der Waals surface area contributed by atoms with Gasteiger partial charge in [0.25, 0.3) is 0 Å². The van der Waals surface area contributed by atoms with Crippen molar-refractivity contribution in [1.29, 1.82) is 0 Å². The highest BCUT2D eigenvalue weighted by atomic mass is 15.3. The Morgan fingerprint density at radius 3 is 2.73 bits per heavy atom. The SMILES string of the molecule is CCNC(=NCCCn1cc(C)cn1)N(C)Cc1cn(C)nc1C(C)C. The van der Waals surface area contributed by atoms with Crippen LogP contribution < -0.4 is 5.32 Å². The van der Waals surface area contributed by atoms with Gasteiger partial charge in [0.05, 0.1) is 11.9 Å². The highest BCUT2D eigenvalue weighted by Gasteiger charge is 2.15. The maximum atomic E-state index is 4.78. The summed E-state index contributed by atoms with van der Waals surface area (Å²) < 4.78 is 3.88. The van der Waals surface area contributed by atoms with E-state index < -0.39 is 0 Å². The van der Waals surface area contributed by atoms with E-state index >= 15 is 0 Å². The number of aromatic nitrogens is 4. The van der Waals surface area contributed by atoms with Crippen LogP contribution in [0.15, 0.2) is 23.6 Å². The molecule has 0 saturated heterocycles. The highest BCUT2D eigenvalue weighted by molar-refractivity contribution is 5.79. The molecule has 0 amide bonds. The zero-order valence-corrected chi connectivity index (χ0v) is 17.0.